The lowest BCUT2D eigenvalue weighted by molar-refractivity contribution is -0.165. The van der Waals surface area contributed by atoms with Gasteiger partial charge in [-0.05, 0) is 77.3 Å². The van der Waals surface area contributed by atoms with Gasteiger partial charge in [-0.25, -0.2) is 0 Å². The van der Waals surface area contributed by atoms with E-state index in [1.54, 1.807) is 4.90 Å². The third-order valence-corrected chi connectivity index (χ3v) is 7.44. The van der Waals surface area contributed by atoms with Crippen molar-refractivity contribution >= 4 is 17.8 Å². The molecule has 2 aliphatic heterocycles. The predicted octanol–water partition coefficient (Wildman–Crippen LogP) is 4.34. The molecule has 3 rings (SSSR count). The molecule has 37 heavy (non-hydrogen) atoms. The Morgan fingerprint density at radius 1 is 1.05 bits per heavy atom. The van der Waals surface area contributed by atoms with E-state index in [9.17, 15) is 14.4 Å². The normalized spacial score (nSPS) is 20.4. The van der Waals surface area contributed by atoms with Gasteiger partial charge in [-0.2, -0.15) is 0 Å². The molecule has 0 radical (unpaired) electrons. The molecular weight excluding hydrogens is 466 g/mol. The fourth-order valence-electron chi connectivity index (χ4n) is 5.56. The molecule has 0 bridgehead atoms. The van der Waals surface area contributed by atoms with Gasteiger partial charge in [0.25, 0.3) is 0 Å². The van der Waals surface area contributed by atoms with Crippen LogP contribution in [0.2, 0.25) is 0 Å². The van der Waals surface area contributed by atoms with E-state index in [2.05, 4.69) is 40.5 Å². The van der Waals surface area contributed by atoms with Gasteiger partial charge in [-0.3, -0.25) is 14.4 Å². The Balaban J connectivity index is 1.57. The van der Waals surface area contributed by atoms with E-state index in [4.69, 9.17) is 4.74 Å². The Kier molecular flexibility index (Phi) is 10.2. The van der Waals surface area contributed by atoms with Crippen LogP contribution in [0.5, 0.6) is 0 Å². The SMILES string of the molecule is CC(C)CC1NC(=O)C2(CCN(CCCCCc3ccccc3)CC2)N(CCC(=O)OC(C)(C)C)C1=O. The van der Waals surface area contributed by atoms with Gasteiger partial charge in [0.2, 0.25) is 11.8 Å². The smallest absolute Gasteiger partial charge is 0.308 e. The molecule has 0 saturated carbocycles. The lowest BCUT2D eigenvalue weighted by atomic mass is 9.80. The topological polar surface area (TPSA) is 79.0 Å². The van der Waals surface area contributed by atoms with Crippen LogP contribution in [0.4, 0.5) is 0 Å². The summed E-state index contributed by atoms with van der Waals surface area (Å²) >= 11 is 0. The number of nitrogens with zero attached hydrogens (tertiary/aromatic N) is 2. The largest absolute Gasteiger partial charge is 0.460 e. The maximum absolute atomic E-state index is 13.6. The average molecular weight is 514 g/mol. The summed E-state index contributed by atoms with van der Waals surface area (Å²) in [6.45, 7) is 12.4. The molecule has 7 nitrogen and oxygen atoms in total. The van der Waals surface area contributed by atoms with Crippen LogP contribution in [-0.4, -0.2) is 70.9 Å². The first-order valence-corrected chi connectivity index (χ1v) is 14.1. The highest BCUT2D eigenvalue weighted by Crippen LogP contribution is 2.34. The number of likely N-dealkylation sites (tertiary alicyclic amines) is 1. The minimum absolute atomic E-state index is 0.0637. The molecule has 2 heterocycles. The highest BCUT2D eigenvalue weighted by atomic mass is 16.6. The Morgan fingerprint density at radius 2 is 1.73 bits per heavy atom. The quantitative estimate of drug-likeness (QED) is 0.352. The second-order valence-corrected chi connectivity index (χ2v) is 12.2. The van der Waals surface area contributed by atoms with Gasteiger partial charge in [0.05, 0.1) is 6.42 Å². The third-order valence-electron chi connectivity index (χ3n) is 7.44. The van der Waals surface area contributed by atoms with Gasteiger partial charge in [0.15, 0.2) is 0 Å². The molecule has 0 aromatic heterocycles. The molecule has 2 fully saturated rings. The van der Waals surface area contributed by atoms with E-state index in [1.165, 1.54) is 18.4 Å². The first-order valence-electron chi connectivity index (χ1n) is 14.1. The maximum atomic E-state index is 13.6. The minimum Gasteiger partial charge on any atom is -0.460 e. The third kappa shape index (κ3) is 8.29. The summed E-state index contributed by atoms with van der Waals surface area (Å²) in [6, 6.07) is 10.1. The average Bonchev–Trinajstić information content (AvgIpc) is 2.82. The fourth-order valence-corrected chi connectivity index (χ4v) is 5.56. The standard InChI is InChI=1S/C30H47N3O4/c1-23(2)22-25-27(35)33(19-15-26(34)37-29(3,4)5)30(28(36)31-25)16-20-32(21-17-30)18-11-7-10-14-24-12-8-6-9-13-24/h6,8-9,12-13,23,25H,7,10-11,14-22H2,1-5H3,(H,31,36). The van der Waals surface area contributed by atoms with Gasteiger partial charge in [0.1, 0.15) is 17.2 Å². The Hall–Kier alpha value is -2.41. The summed E-state index contributed by atoms with van der Waals surface area (Å²) in [5.41, 5.74) is -0.0706. The first-order chi connectivity index (χ1) is 17.5. The maximum Gasteiger partial charge on any atom is 0.308 e. The van der Waals surface area contributed by atoms with Gasteiger partial charge < -0.3 is 19.9 Å². The van der Waals surface area contributed by atoms with Crippen molar-refractivity contribution in [2.24, 2.45) is 5.92 Å². The highest BCUT2D eigenvalue weighted by Gasteiger charge is 2.53. The number of aryl methyl sites for hydroxylation is 1. The number of rotatable bonds is 11. The number of hydrogen-bond acceptors (Lipinski definition) is 5. The van der Waals surface area contributed by atoms with Crippen LogP contribution in [0.3, 0.4) is 0 Å². The summed E-state index contributed by atoms with van der Waals surface area (Å²) in [5.74, 6) is -0.190. The number of nitrogens with one attached hydrogen (secondary N) is 1. The van der Waals surface area contributed by atoms with E-state index in [1.807, 2.05) is 34.6 Å². The van der Waals surface area contributed by atoms with Crippen molar-refractivity contribution in [1.82, 2.24) is 15.1 Å². The van der Waals surface area contributed by atoms with Gasteiger partial charge >= 0.3 is 5.97 Å². The molecule has 206 valence electrons. The van der Waals surface area contributed by atoms with Crippen molar-refractivity contribution in [1.29, 1.82) is 0 Å². The second kappa shape index (κ2) is 12.9. The molecule has 1 aromatic carbocycles. The molecule has 1 spiro atoms. The summed E-state index contributed by atoms with van der Waals surface area (Å²) in [5, 5.41) is 3.04. The number of benzene rings is 1. The number of carbonyl (C=O) groups is 3. The molecular formula is C30H47N3O4. The van der Waals surface area contributed by atoms with Crippen molar-refractivity contribution in [3.05, 3.63) is 35.9 Å². The number of esters is 1. The number of amides is 2. The van der Waals surface area contributed by atoms with Crippen molar-refractivity contribution in [2.45, 2.75) is 103 Å². The van der Waals surface area contributed by atoms with E-state index >= 15 is 0 Å². The number of carbonyl (C=O) groups excluding carboxylic acids is 3. The summed E-state index contributed by atoms with van der Waals surface area (Å²) in [7, 11) is 0. The molecule has 1 unspecified atom stereocenters. The number of hydrogen-bond donors (Lipinski definition) is 1. The first kappa shape index (κ1) is 29.2. The number of piperazine rings is 1. The zero-order valence-electron chi connectivity index (χ0n) is 23.6. The van der Waals surface area contributed by atoms with E-state index < -0.39 is 17.2 Å². The van der Waals surface area contributed by atoms with Crippen LogP contribution in [0.15, 0.2) is 30.3 Å². The second-order valence-electron chi connectivity index (χ2n) is 12.2. The van der Waals surface area contributed by atoms with E-state index in [0.717, 1.165) is 32.5 Å². The Labute approximate surface area is 223 Å². The molecule has 2 amide bonds. The molecule has 2 aliphatic rings. The Bertz CT molecular complexity index is 901. The summed E-state index contributed by atoms with van der Waals surface area (Å²) in [6.07, 6.45) is 6.47. The van der Waals surface area contributed by atoms with Gasteiger partial charge in [-0.15, -0.1) is 0 Å². The van der Waals surface area contributed by atoms with Crippen LogP contribution in [-0.2, 0) is 25.5 Å². The van der Waals surface area contributed by atoms with E-state index in [-0.39, 0.29) is 36.7 Å². The number of piperidine rings is 1. The molecule has 7 heteroatoms. The fraction of sp³-hybridized carbons (Fsp3) is 0.700. The predicted molar refractivity (Wildman–Crippen MR) is 146 cm³/mol. The van der Waals surface area contributed by atoms with Crippen LogP contribution >= 0.6 is 0 Å². The van der Waals surface area contributed by atoms with Crippen LogP contribution in [0.25, 0.3) is 0 Å². The molecule has 1 N–H and O–H groups in total. The van der Waals surface area contributed by atoms with Gasteiger partial charge in [-0.1, -0.05) is 50.6 Å². The summed E-state index contributed by atoms with van der Waals surface area (Å²) in [4.78, 5) is 43.7. The lowest BCUT2D eigenvalue weighted by Crippen LogP contribution is -2.73. The number of ether oxygens (including phenoxy) is 1. The van der Waals surface area contributed by atoms with Crippen LogP contribution in [0, 0.1) is 5.92 Å². The summed E-state index contributed by atoms with van der Waals surface area (Å²) < 4.78 is 5.48. The molecule has 2 saturated heterocycles. The lowest BCUT2D eigenvalue weighted by Gasteiger charge is -2.51. The van der Waals surface area contributed by atoms with Crippen molar-refractivity contribution < 1.29 is 19.1 Å². The molecule has 0 aliphatic carbocycles. The van der Waals surface area contributed by atoms with Gasteiger partial charge in [0, 0.05) is 19.6 Å². The minimum atomic E-state index is -0.879. The molecule has 1 atom stereocenters. The monoisotopic (exact) mass is 513 g/mol. The zero-order valence-corrected chi connectivity index (χ0v) is 23.6. The van der Waals surface area contributed by atoms with Crippen molar-refractivity contribution in [3.8, 4) is 0 Å². The van der Waals surface area contributed by atoms with Crippen LogP contribution < -0.4 is 5.32 Å². The highest BCUT2D eigenvalue weighted by molar-refractivity contribution is 6.00. The number of unbranched alkanes of at least 4 members (excludes halogenated alkanes) is 2. The van der Waals surface area contributed by atoms with Crippen molar-refractivity contribution in [2.75, 3.05) is 26.2 Å². The van der Waals surface area contributed by atoms with Crippen LogP contribution in [0.1, 0.15) is 85.1 Å². The zero-order chi connectivity index (χ0) is 27.1. The van der Waals surface area contributed by atoms with Crippen molar-refractivity contribution in [3.63, 3.8) is 0 Å². The molecule has 1 aromatic rings. The Morgan fingerprint density at radius 3 is 2.35 bits per heavy atom. The van der Waals surface area contributed by atoms with E-state index in [0.29, 0.717) is 19.3 Å².